The van der Waals surface area contributed by atoms with Crippen LogP contribution in [0.15, 0.2) is 18.2 Å². The Labute approximate surface area is 106 Å². The lowest BCUT2D eigenvalue weighted by Crippen LogP contribution is -1.84. The van der Waals surface area contributed by atoms with Crippen LogP contribution in [0.3, 0.4) is 0 Å². The standard InChI is InChI=1S/C14H14N2S/c1-9-4-5-12(10(2)8-9)14-16-11(3)13(17-14)6-7-15/h4-5,8H,6H2,1-3H3. The molecule has 1 heterocycles. The molecule has 0 aliphatic heterocycles. The van der Waals surface area contributed by atoms with E-state index in [0.29, 0.717) is 6.42 Å². The van der Waals surface area contributed by atoms with Crippen LogP contribution >= 0.6 is 11.3 Å². The molecule has 0 amide bonds. The minimum Gasteiger partial charge on any atom is -0.241 e. The van der Waals surface area contributed by atoms with E-state index in [1.807, 2.05) is 6.92 Å². The zero-order chi connectivity index (χ0) is 12.4. The minimum atomic E-state index is 0.453. The number of aromatic nitrogens is 1. The molecular formula is C14H14N2S. The lowest BCUT2D eigenvalue weighted by atomic mass is 10.1. The molecule has 3 heteroatoms. The summed E-state index contributed by atoms with van der Waals surface area (Å²) in [5, 5.41) is 9.76. The quantitative estimate of drug-likeness (QED) is 0.803. The van der Waals surface area contributed by atoms with Crippen molar-refractivity contribution >= 4 is 11.3 Å². The summed E-state index contributed by atoms with van der Waals surface area (Å²) in [6, 6.07) is 8.56. The third-order valence-electron chi connectivity index (χ3n) is 2.74. The van der Waals surface area contributed by atoms with E-state index in [-0.39, 0.29) is 0 Å². The van der Waals surface area contributed by atoms with Crippen molar-refractivity contribution in [1.29, 1.82) is 5.26 Å². The normalized spacial score (nSPS) is 10.2. The summed E-state index contributed by atoms with van der Waals surface area (Å²) < 4.78 is 0. The third kappa shape index (κ3) is 2.37. The summed E-state index contributed by atoms with van der Waals surface area (Å²) in [7, 11) is 0. The molecule has 0 fully saturated rings. The molecule has 86 valence electrons. The van der Waals surface area contributed by atoms with Crippen molar-refractivity contribution in [2.45, 2.75) is 27.2 Å². The van der Waals surface area contributed by atoms with E-state index in [4.69, 9.17) is 5.26 Å². The predicted molar refractivity (Wildman–Crippen MR) is 71.1 cm³/mol. The smallest absolute Gasteiger partial charge is 0.124 e. The molecular weight excluding hydrogens is 228 g/mol. The first-order valence-corrected chi connectivity index (χ1v) is 6.34. The van der Waals surface area contributed by atoms with Crippen LogP contribution in [0.2, 0.25) is 0 Å². The Morgan fingerprint density at radius 3 is 2.71 bits per heavy atom. The van der Waals surface area contributed by atoms with Gasteiger partial charge in [-0.15, -0.1) is 11.3 Å². The SMILES string of the molecule is Cc1ccc(-c2nc(C)c(CC#N)s2)c(C)c1. The van der Waals surface area contributed by atoms with Gasteiger partial charge in [0.15, 0.2) is 0 Å². The van der Waals surface area contributed by atoms with Gasteiger partial charge in [-0.3, -0.25) is 0 Å². The molecule has 0 aliphatic carbocycles. The Morgan fingerprint density at radius 1 is 1.29 bits per heavy atom. The van der Waals surface area contributed by atoms with Gasteiger partial charge in [0.25, 0.3) is 0 Å². The Hall–Kier alpha value is -1.66. The van der Waals surface area contributed by atoms with Gasteiger partial charge >= 0.3 is 0 Å². The van der Waals surface area contributed by atoms with Crippen LogP contribution in [-0.4, -0.2) is 4.98 Å². The number of aryl methyl sites for hydroxylation is 3. The van der Waals surface area contributed by atoms with Crippen LogP contribution < -0.4 is 0 Å². The number of nitrogens with zero attached hydrogens (tertiary/aromatic N) is 2. The fourth-order valence-electron chi connectivity index (χ4n) is 1.83. The first-order valence-electron chi connectivity index (χ1n) is 5.52. The van der Waals surface area contributed by atoms with Gasteiger partial charge in [-0.2, -0.15) is 5.26 Å². The highest BCUT2D eigenvalue weighted by atomic mass is 32.1. The molecule has 2 rings (SSSR count). The molecule has 0 atom stereocenters. The highest BCUT2D eigenvalue weighted by Gasteiger charge is 2.10. The summed E-state index contributed by atoms with van der Waals surface area (Å²) in [6.07, 6.45) is 0.453. The molecule has 0 saturated carbocycles. The lowest BCUT2D eigenvalue weighted by molar-refractivity contribution is 1.18. The largest absolute Gasteiger partial charge is 0.241 e. The number of hydrogen-bond acceptors (Lipinski definition) is 3. The zero-order valence-corrected chi connectivity index (χ0v) is 11.1. The number of hydrogen-bond donors (Lipinski definition) is 0. The Kier molecular flexibility index (Phi) is 3.26. The average Bonchev–Trinajstić information content (AvgIpc) is 2.60. The van der Waals surface area contributed by atoms with Crippen molar-refractivity contribution < 1.29 is 0 Å². The van der Waals surface area contributed by atoms with Gasteiger partial charge in [-0.1, -0.05) is 23.8 Å². The van der Waals surface area contributed by atoms with Gasteiger partial charge < -0.3 is 0 Å². The second-order valence-corrected chi connectivity index (χ2v) is 5.26. The van der Waals surface area contributed by atoms with Crippen molar-refractivity contribution in [2.24, 2.45) is 0 Å². The summed E-state index contributed by atoms with van der Waals surface area (Å²) in [6.45, 7) is 6.16. The minimum absolute atomic E-state index is 0.453. The molecule has 0 N–H and O–H groups in total. The van der Waals surface area contributed by atoms with Crippen LogP contribution in [-0.2, 0) is 6.42 Å². The van der Waals surface area contributed by atoms with Crippen molar-refractivity contribution in [3.05, 3.63) is 39.9 Å². The molecule has 0 aliphatic rings. The van der Waals surface area contributed by atoms with E-state index in [1.54, 1.807) is 11.3 Å². The summed E-state index contributed by atoms with van der Waals surface area (Å²) in [4.78, 5) is 5.63. The fourth-order valence-corrected chi connectivity index (χ4v) is 2.92. The predicted octanol–water partition coefficient (Wildman–Crippen LogP) is 3.80. The average molecular weight is 242 g/mol. The summed E-state index contributed by atoms with van der Waals surface area (Å²) in [5.74, 6) is 0. The monoisotopic (exact) mass is 242 g/mol. The molecule has 0 bridgehead atoms. The van der Waals surface area contributed by atoms with Gasteiger partial charge in [0, 0.05) is 10.4 Å². The lowest BCUT2D eigenvalue weighted by Gasteiger charge is -2.02. The van der Waals surface area contributed by atoms with Crippen molar-refractivity contribution in [3.63, 3.8) is 0 Å². The highest BCUT2D eigenvalue weighted by Crippen LogP contribution is 2.30. The molecule has 1 aromatic carbocycles. The number of thiazole rings is 1. The molecule has 1 aromatic heterocycles. The van der Waals surface area contributed by atoms with Crippen molar-refractivity contribution in [3.8, 4) is 16.6 Å². The molecule has 0 saturated heterocycles. The van der Waals surface area contributed by atoms with Crippen LogP contribution in [0, 0.1) is 32.1 Å². The maximum Gasteiger partial charge on any atom is 0.124 e. The molecule has 0 unspecified atom stereocenters. The van der Waals surface area contributed by atoms with Crippen LogP contribution in [0.25, 0.3) is 10.6 Å². The van der Waals surface area contributed by atoms with Crippen LogP contribution in [0.5, 0.6) is 0 Å². The van der Waals surface area contributed by atoms with Gasteiger partial charge in [-0.05, 0) is 26.3 Å². The van der Waals surface area contributed by atoms with E-state index in [0.717, 1.165) is 15.6 Å². The van der Waals surface area contributed by atoms with E-state index in [9.17, 15) is 0 Å². The molecule has 0 spiro atoms. The van der Waals surface area contributed by atoms with Gasteiger partial charge in [0.05, 0.1) is 18.2 Å². The topological polar surface area (TPSA) is 36.7 Å². The summed E-state index contributed by atoms with van der Waals surface area (Å²) >= 11 is 1.62. The Bertz CT molecular complexity index is 591. The van der Waals surface area contributed by atoms with Gasteiger partial charge in [0.1, 0.15) is 5.01 Å². The van der Waals surface area contributed by atoms with Gasteiger partial charge in [0.2, 0.25) is 0 Å². The molecule has 2 nitrogen and oxygen atoms in total. The van der Waals surface area contributed by atoms with E-state index < -0.39 is 0 Å². The molecule has 17 heavy (non-hydrogen) atoms. The molecule has 0 radical (unpaired) electrons. The van der Waals surface area contributed by atoms with E-state index in [2.05, 4.69) is 43.1 Å². The first-order chi connectivity index (χ1) is 8.11. The Balaban J connectivity index is 2.47. The number of benzene rings is 1. The van der Waals surface area contributed by atoms with E-state index in [1.165, 1.54) is 16.7 Å². The third-order valence-corrected chi connectivity index (χ3v) is 3.94. The highest BCUT2D eigenvalue weighted by molar-refractivity contribution is 7.15. The number of nitriles is 1. The maximum absolute atomic E-state index is 8.74. The van der Waals surface area contributed by atoms with E-state index >= 15 is 0 Å². The second kappa shape index (κ2) is 4.68. The van der Waals surface area contributed by atoms with Crippen molar-refractivity contribution in [1.82, 2.24) is 4.98 Å². The summed E-state index contributed by atoms with van der Waals surface area (Å²) in [5.41, 5.74) is 4.65. The number of rotatable bonds is 2. The van der Waals surface area contributed by atoms with Crippen LogP contribution in [0.1, 0.15) is 21.7 Å². The Morgan fingerprint density at radius 2 is 2.06 bits per heavy atom. The second-order valence-electron chi connectivity index (χ2n) is 4.18. The first kappa shape index (κ1) is 11.8. The van der Waals surface area contributed by atoms with Gasteiger partial charge in [-0.25, -0.2) is 4.98 Å². The maximum atomic E-state index is 8.74. The zero-order valence-electron chi connectivity index (χ0n) is 10.2. The fraction of sp³-hybridized carbons (Fsp3) is 0.286. The van der Waals surface area contributed by atoms with Crippen molar-refractivity contribution in [2.75, 3.05) is 0 Å². The van der Waals surface area contributed by atoms with Crippen LogP contribution in [0.4, 0.5) is 0 Å². The molecule has 2 aromatic rings.